The third-order valence-electron chi connectivity index (χ3n) is 7.87. The van der Waals surface area contributed by atoms with Crippen LogP contribution in [0.1, 0.15) is 65.7 Å². The first kappa shape index (κ1) is 26.2. The number of para-hydroxylation sites is 1. The topological polar surface area (TPSA) is 111 Å². The van der Waals surface area contributed by atoms with Gasteiger partial charge in [0.2, 0.25) is 5.91 Å². The van der Waals surface area contributed by atoms with Crippen molar-refractivity contribution in [2.24, 2.45) is 0 Å². The van der Waals surface area contributed by atoms with Crippen molar-refractivity contribution in [3.63, 3.8) is 0 Å². The molecule has 2 aromatic carbocycles. The number of aromatic amines is 1. The number of nitrogens with zero attached hydrogens (tertiary/aromatic N) is 2. The molecule has 1 fully saturated rings. The van der Waals surface area contributed by atoms with Crippen LogP contribution >= 0.6 is 0 Å². The average molecular weight is 520 g/mol. The molecule has 1 aliphatic carbocycles. The molecule has 4 aromatic rings. The summed E-state index contributed by atoms with van der Waals surface area (Å²) in [6.07, 6.45) is 10.2. The van der Waals surface area contributed by atoms with Crippen LogP contribution in [-0.4, -0.2) is 34.4 Å². The molecule has 7 nitrogen and oxygen atoms in total. The molecule has 2 heterocycles. The van der Waals surface area contributed by atoms with Crippen molar-refractivity contribution in [3.8, 4) is 6.07 Å². The van der Waals surface area contributed by atoms with E-state index in [1.165, 1.54) is 6.42 Å². The molecule has 0 bridgehead atoms. The van der Waals surface area contributed by atoms with Crippen molar-refractivity contribution >= 4 is 22.7 Å². The molecule has 2 amide bonds. The molecule has 0 spiro atoms. The molecule has 0 unspecified atom stereocenters. The Hall–Kier alpha value is -4.44. The molecule has 0 aliphatic heterocycles. The molecule has 2 aromatic heterocycles. The zero-order chi connectivity index (χ0) is 27.1. The van der Waals surface area contributed by atoms with Crippen LogP contribution in [0.3, 0.4) is 0 Å². The van der Waals surface area contributed by atoms with Crippen molar-refractivity contribution in [2.45, 2.75) is 56.4 Å². The Bertz CT molecular complexity index is 1480. The Balaban J connectivity index is 1.35. The number of carbonyl (C=O) groups is 2. The third kappa shape index (κ3) is 6.01. The van der Waals surface area contributed by atoms with E-state index in [1.54, 1.807) is 24.3 Å². The minimum absolute atomic E-state index is 0.207. The van der Waals surface area contributed by atoms with Crippen LogP contribution in [-0.2, 0) is 16.6 Å². The maximum absolute atomic E-state index is 13.7. The predicted octanol–water partition coefficient (Wildman–Crippen LogP) is 5.18. The molecule has 198 valence electrons. The Morgan fingerprint density at radius 2 is 1.85 bits per heavy atom. The monoisotopic (exact) mass is 519 g/mol. The number of carbonyl (C=O) groups excluding carboxylic acids is 2. The van der Waals surface area contributed by atoms with Gasteiger partial charge in [0.05, 0.1) is 11.6 Å². The van der Waals surface area contributed by atoms with Crippen LogP contribution in [0.25, 0.3) is 10.9 Å². The maximum Gasteiger partial charge on any atom is 0.251 e. The molecule has 1 aliphatic rings. The first-order valence-corrected chi connectivity index (χ1v) is 13.6. The average Bonchev–Trinajstić information content (AvgIpc) is 3.42. The second-order valence-electron chi connectivity index (χ2n) is 10.4. The summed E-state index contributed by atoms with van der Waals surface area (Å²) in [6.45, 7) is 0.478. The van der Waals surface area contributed by atoms with E-state index in [2.05, 4.69) is 38.8 Å². The summed E-state index contributed by atoms with van der Waals surface area (Å²) in [7, 11) is 0. The van der Waals surface area contributed by atoms with Crippen molar-refractivity contribution in [3.05, 3.63) is 102 Å². The van der Waals surface area contributed by atoms with Crippen molar-refractivity contribution in [1.82, 2.24) is 20.6 Å². The second kappa shape index (κ2) is 12.0. The fourth-order valence-corrected chi connectivity index (χ4v) is 5.69. The van der Waals surface area contributed by atoms with Gasteiger partial charge in [-0.25, -0.2) is 0 Å². The molecule has 0 radical (unpaired) electrons. The van der Waals surface area contributed by atoms with Crippen LogP contribution in [0.5, 0.6) is 0 Å². The van der Waals surface area contributed by atoms with E-state index in [0.717, 1.165) is 47.8 Å². The molecule has 0 saturated heterocycles. The van der Waals surface area contributed by atoms with Crippen LogP contribution < -0.4 is 10.6 Å². The molecule has 3 N–H and O–H groups in total. The van der Waals surface area contributed by atoms with E-state index in [0.29, 0.717) is 30.5 Å². The van der Waals surface area contributed by atoms with Gasteiger partial charge in [-0.1, -0.05) is 49.6 Å². The number of nitrogens with one attached hydrogen (secondary N) is 3. The second-order valence-corrected chi connectivity index (χ2v) is 10.4. The summed E-state index contributed by atoms with van der Waals surface area (Å²) >= 11 is 0. The van der Waals surface area contributed by atoms with E-state index in [4.69, 9.17) is 0 Å². The van der Waals surface area contributed by atoms with Crippen molar-refractivity contribution < 1.29 is 9.59 Å². The number of aromatic nitrogens is 2. The largest absolute Gasteiger partial charge is 0.361 e. The number of hydrogen-bond donors (Lipinski definition) is 3. The highest BCUT2D eigenvalue weighted by molar-refractivity contribution is 5.97. The summed E-state index contributed by atoms with van der Waals surface area (Å²) in [4.78, 5) is 34.8. The highest BCUT2D eigenvalue weighted by atomic mass is 16.2. The predicted molar refractivity (Wildman–Crippen MR) is 151 cm³/mol. The molecule has 1 atom stereocenters. The minimum Gasteiger partial charge on any atom is -0.361 e. The van der Waals surface area contributed by atoms with Gasteiger partial charge >= 0.3 is 0 Å². The summed E-state index contributed by atoms with van der Waals surface area (Å²) in [5, 5.41) is 16.5. The zero-order valence-electron chi connectivity index (χ0n) is 22.0. The standard InChI is InChI=1S/C32H33N5O2/c33-20-23-9-8-10-24(19-23)30(38)37-28(15-14-25-21-35-27-12-3-2-11-26(25)27)31(39)36-22-32(16-5-1-6-17-32)29-13-4-7-18-34-29/h2-4,7-13,18-19,21,28,35H,1,5-6,14-17,22H2,(H,36,39)(H,37,38)/t28-/m0/s1. The van der Waals surface area contributed by atoms with Crippen LogP contribution in [0, 0.1) is 11.3 Å². The Morgan fingerprint density at radius 1 is 1.03 bits per heavy atom. The van der Waals surface area contributed by atoms with E-state index in [9.17, 15) is 14.9 Å². The lowest BCUT2D eigenvalue weighted by atomic mass is 9.71. The SMILES string of the molecule is N#Cc1cccc(C(=O)N[C@@H](CCc2c[nH]c3ccccc23)C(=O)NCC2(c3ccccn3)CCCCC2)c1. The Labute approximate surface area is 228 Å². The van der Waals surface area contributed by atoms with Gasteiger partial charge in [0.25, 0.3) is 5.91 Å². The molecule has 5 rings (SSSR count). The van der Waals surface area contributed by atoms with Crippen LogP contribution in [0.4, 0.5) is 0 Å². The number of pyridine rings is 1. The highest BCUT2D eigenvalue weighted by Gasteiger charge is 2.36. The van der Waals surface area contributed by atoms with E-state index >= 15 is 0 Å². The smallest absolute Gasteiger partial charge is 0.251 e. The maximum atomic E-state index is 13.7. The number of H-pyrrole nitrogens is 1. The number of benzene rings is 2. The zero-order valence-corrected chi connectivity index (χ0v) is 22.0. The Morgan fingerprint density at radius 3 is 2.64 bits per heavy atom. The van der Waals surface area contributed by atoms with E-state index in [-0.39, 0.29) is 17.2 Å². The summed E-state index contributed by atoms with van der Waals surface area (Å²) in [6, 6.07) is 21.9. The fraction of sp³-hybridized carbons (Fsp3) is 0.312. The van der Waals surface area contributed by atoms with Gasteiger partial charge in [0, 0.05) is 46.5 Å². The summed E-state index contributed by atoms with van der Waals surface area (Å²) < 4.78 is 0. The number of amides is 2. The van der Waals surface area contributed by atoms with Gasteiger partial charge in [-0.3, -0.25) is 14.6 Å². The quantitative estimate of drug-likeness (QED) is 0.283. The number of nitriles is 1. The normalized spacial score (nSPS) is 15.3. The highest BCUT2D eigenvalue weighted by Crippen LogP contribution is 2.38. The number of rotatable bonds is 9. The van der Waals surface area contributed by atoms with Crippen LogP contribution in [0.2, 0.25) is 0 Å². The molecule has 7 heteroatoms. The van der Waals surface area contributed by atoms with E-state index < -0.39 is 6.04 Å². The molecular formula is C32H33N5O2. The molecule has 1 saturated carbocycles. The van der Waals surface area contributed by atoms with Crippen LogP contribution in [0.15, 0.2) is 79.1 Å². The Kier molecular flexibility index (Phi) is 8.02. The fourth-order valence-electron chi connectivity index (χ4n) is 5.69. The number of hydrogen-bond acceptors (Lipinski definition) is 4. The lowest BCUT2D eigenvalue weighted by molar-refractivity contribution is -0.123. The molecule has 39 heavy (non-hydrogen) atoms. The molecular weight excluding hydrogens is 486 g/mol. The van der Waals surface area contributed by atoms with Gasteiger partial charge in [0.1, 0.15) is 6.04 Å². The minimum atomic E-state index is -0.735. The first-order valence-electron chi connectivity index (χ1n) is 13.6. The van der Waals surface area contributed by atoms with Gasteiger partial charge in [-0.2, -0.15) is 5.26 Å². The number of aryl methyl sites for hydroxylation is 1. The summed E-state index contributed by atoms with van der Waals surface area (Å²) in [5.74, 6) is -0.580. The first-order chi connectivity index (χ1) is 19.1. The number of fused-ring (bicyclic) bond motifs is 1. The van der Waals surface area contributed by atoms with Gasteiger partial charge in [-0.05, 0) is 67.6 Å². The lowest BCUT2D eigenvalue weighted by Crippen LogP contribution is -2.51. The van der Waals surface area contributed by atoms with E-state index in [1.807, 2.05) is 42.7 Å². The van der Waals surface area contributed by atoms with Gasteiger partial charge in [-0.15, -0.1) is 0 Å². The van der Waals surface area contributed by atoms with Gasteiger partial charge in [0.15, 0.2) is 0 Å². The third-order valence-corrected chi connectivity index (χ3v) is 7.87. The summed E-state index contributed by atoms with van der Waals surface area (Å²) in [5.41, 5.74) is 3.70. The van der Waals surface area contributed by atoms with Crippen molar-refractivity contribution in [2.75, 3.05) is 6.54 Å². The lowest BCUT2D eigenvalue weighted by Gasteiger charge is -2.37. The van der Waals surface area contributed by atoms with Gasteiger partial charge < -0.3 is 15.6 Å². The van der Waals surface area contributed by atoms with Crippen molar-refractivity contribution in [1.29, 1.82) is 5.26 Å².